The molecule has 4 aromatic rings. The van der Waals surface area contributed by atoms with Crippen molar-refractivity contribution in [3.63, 3.8) is 0 Å². The fourth-order valence-corrected chi connectivity index (χ4v) is 4.98. The van der Waals surface area contributed by atoms with E-state index in [4.69, 9.17) is 28.4 Å². The minimum atomic E-state index is -1.01. The van der Waals surface area contributed by atoms with Gasteiger partial charge in [-0.3, -0.25) is 0 Å². The second kappa shape index (κ2) is 20.8. The summed E-state index contributed by atoms with van der Waals surface area (Å²) in [4.78, 5) is 76.2. The Kier molecular flexibility index (Phi) is 15.6. The van der Waals surface area contributed by atoms with Gasteiger partial charge in [-0.15, -0.1) is 0 Å². The van der Waals surface area contributed by atoms with Gasteiger partial charge >= 0.3 is 35.8 Å². The van der Waals surface area contributed by atoms with Crippen LogP contribution in [0.25, 0.3) is 16.7 Å². The van der Waals surface area contributed by atoms with Crippen LogP contribution in [0.5, 0.6) is 28.7 Å². The highest BCUT2D eigenvalue weighted by atomic mass is 16.6. The molecule has 12 heteroatoms. The molecule has 0 atom stereocenters. The first-order valence-corrected chi connectivity index (χ1v) is 19.0. The standard InChI is InChI=1S/C51H44O12/c1-28(2)46(52)59-39-19-16-36(17-20-39)41-22-18-37(24-44(41)62-49(55)31(7)8)34(12)27-58-51(57)42-26-43(61-48(54)30(5)6)38(25-45(42)63-50(56)32(9)10)14-13-35-15-21-40(23-33(35)11)60-47(53)29(3)4/h15-27H,1,3,5,7,9H2,2,4,6,8,10-12H3/b34-27+. The molecule has 0 saturated heterocycles. The van der Waals surface area contributed by atoms with Gasteiger partial charge in [0.2, 0.25) is 0 Å². The molecule has 4 rings (SSSR count). The summed E-state index contributed by atoms with van der Waals surface area (Å²) in [7, 11) is 0. The molecule has 0 N–H and O–H groups in total. The van der Waals surface area contributed by atoms with Crippen molar-refractivity contribution in [2.24, 2.45) is 0 Å². The van der Waals surface area contributed by atoms with Crippen molar-refractivity contribution in [1.82, 2.24) is 0 Å². The van der Waals surface area contributed by atoms with Gasteiger partial charge in [0.25, 0.3) is 0 Å². The highest BCUT2D eigenvalue weighted by Gasteiger charge is 2.23. The molecule has 0 aliphatic heterocycles. The predicted octanol–water partition coefficient (Wildman–Crippen LogP) is 9.69. The van der Waals surface area contributed by atoms with E-state index in [1.54, 1.807) is 74.5 Å². The monoisotopic (exact) mass is 848 g/mol. The molecule has 0 amide bonds. The molecule has 63 heavy (non-hydrogen) atoms. The second-order valence-corrected chi connectivity index (χ2v) is 14.4. The molecule has 0 aromatic heterocycles. The molecule has 0 radical (unpaired) electrons. The molecule has 0 unspecified atom stereocenters. The SMILES string of the molecule is C=C(C)C(=O)Oc1ccc(-c2ccc(/C(C)=C/OC(=O)c3cc(OC(=O)C(=C)C)c(C#Cc4ccc(OC(=O)C(=C)C)cc4C)cc3OC(=O)C(=C)C)cc2OC(=O)C(=C)C)cc1. The fraction of sp³-hybridized carbons (Fsp3) is 0.137. The molecule has 12 nitrogen and oxygen atoms in total. The zero-order chi connectivity index (χ0) is 46.7. The molecule has 0 bridgehead atoms. The minimum absolute atomic E-state index is 0.0206. The van der Waals surface area contributed by atoms with Gasteiger partial charge in [-0.25, -0.2) is 28.8 Å². The van der Waals surface area contributed by atoms with Crippen LogP contribution in [0.2, 0.25) is 0 Å². The van der Waals surface area contributed by atoms with E-state index in [-0.39, 0.29) is 67.7 Å². The zero-order valence-corrected chi connectivity index (χ0v) is 35.9. The van der Waals surface area contributed by atoms with E-state index in [9.17, 15) is 28.8 Å². The van der Waals surface area contributed by atoms with Crippen LogP contribution in [-0.4, -0.2) is 35.8 Å². The van der Waals surface area contributed by atoms with Gasteiger partial charge in [0.15, 0.2) is 0 Å². The maximum atomic E-state index is 13.8. The lowest BCUT2D eigenvalue weighted by atomic mass is 10.00. The molecule has 4 aromatic carbocycles. The first kappa shape index (κ1) is 47.4. The minimum Gasteiger partial charge on any atom is -0.430 e. The van der Waals surface area contributed by atoms with Crippen LogP contribution >= 0.6 is 0 Å². The average Bonchev–Trinajstić information content (AvgIpc) is 3.22. The molecular weight excluding hydrogens is 805 g/mol. The van der Waals surface area contributed by atoms with Crippen LogP contribution in [0.4, 0.5) is 0 Å². The number of aryl methyl sites for hydroxylation is 1. The number of carbonyl (C=O) groups is 6. The summed E-state index contributed by atoms with van der Waals surface area (Å²) in [5.41, 5.74) is 3.58. The first-order chi connectivity index (χ1) is 29.6. The number of hydrogen-bond donors (Lipinski definition) is 0. The van der Waals surface area contributed by atoms with Gasteiger partial charge in [-0.2, -0.15) is 0 Å². The molecule has 320 valence electrons. The number of allylic oxidation sites excluding steroid dienone is 1. The lowest BCUT2D eigenvalue weighted by Crippen LogP contribution is -2.14. The average molecular weight is 849 g/mol. The Hall–Kier alpha value is -8.30. The zero-order valence-electron chi connectivity index (χ0n) is 35.9. The van der Waals surface area contributed by atoms with Crippen molar-refractivity contribution in [2.75, 3.05) is 0 Å². The maximum Gasteiger partial charge on any atom is 0.346 e. The number of benzene rings is 4. The van der Waals surface area contributed by atoms with Gasteiger partial charge in [0.05, 0.1) is 11.8 Å². The lowest BCUT2D eigenvalue weighted by molar-refractivity contribution is -0.131. The summed E-state index contributed by atoms with van der Waals surface area (Å²) in [5.74, 6) is 1.58. The summed E-state index contributed by atoms with van der Waals surface area (Å²) in [6, 6.07) is 18.7. The number of ether oxygens (including phenoxy) is 6. The molecule has 0 fully saturated rings. The maximum absolute atomic E-state index is 13.8. The van der Waals surface area contributed by atoms with Crippen molar-refractivity contribution in [2.45, 2.75) is 48.5 Å². The quantitative estimate of drug-likeness (QED) is 0.0390. The molecule has 0 aliphatic carbocycles. The van der Waals surface area contributed by atoms with Crippen LogP contribution < -0.4 is 23.7 Å². The summed E-state index contributed by atoms with van der Waals surface area (Å²) in [6.07, 6.45) is 1.14. The Morgan fingerprint density at radius 2 is 0.968 bits per heavy atom. The molecule has 0 saturated carbocycles. The van der Waals surface area contributed by atoms with Gasteiger partial charge in [-0.05, 0) is 107 Å². The van der Waals surface area contributed by atoms with Gasteiger partial charge in [-0.1, -0.05) is 69.0 Å². The van der Waals surface area contributed by atoms with Crippen molar-refractivity contribution in [3.05, 3.63) is 168 Å². The molecule has 0 aliphatic rings. The highest BCUT2D eigenvalue weighted by Crippen LogP contribution is 2.35. The Labute approximate surface area is 365 Å². The van der Waals surface area contributed by atoms with Crippen LogP contribution in [0.1, 0.15) is 74.2 Å². The second-order valence-electron chi connectivity index (χ2n) is 14.4. The number of hydrogen-bond acceptors (Lipinski definition) is 12. The van der Waals surface area contributed by atoms with Crippen LogP contribution in [0, 0.1) is 18.8 Å². The largest absolute Gasteiger partial charge is 0.430 e. The summed E-state index contributed by atoms with van der Waals surface area (Å²) < 4.78 is 33.0. The normalized spacial score (nSPS) is 10.5. The third-order valence-corrected chi connectivity index (χ3v) is 8.55. The third kappa shape index (κ3) is 12.8. The van der Waals surface area contributed by atoms with Crippen LogP contribution in [-0.2, 0) is 28.7 Å². The van der Waals surface area contributed by atoms with Crippen molar-refractivity contribution in [3.8, 4) is 51.7 Å². The molecule has 0 heterocycles. The lowest BCUT2D eigenvalue weighted by Gasteiger charge is -2.14. The molecule has 0 spiro atoms. The van der Waals surface area contributed by atoms with Gasteiger partial charge in [0.1, 0.15) is 34.3 Å². The van der Waals surface area contributed by atoms with E-state index >= 15 is 0 Å². The Morgan fingerprint density at radius 1 is 0.492 bits per heavy atom. The number of carbonyl (C=O) groups excluding carboxylic acids is 6. The summed E-state index contributed by atoms with van der Waals surface area (Å²) in [5, 5.41) is 0. The van der Waals surface area contributed by atoms with E-state index in [0.29, 0.717) is 33.4 Å². The predicted molar refractivity (Wildman–Crippen MR) is 237 cm³/mol. The van der Waals surface area contributed by atoms with E-state index in [2.05, 4.69) is 44.7 Å². The Balaban J connectivity index is 1.75. The highest BCUT2D eigenvalue weighted by molar-refractivity contribution is 5.98. The van der Waals surface area contributed by atoms with E-state index < -0.39 is 35.8 Å². The fourth-order valence-electron chi connectivity index (χ4n) is 4.98. The third-order valence-electron chi connectivity index (χ3n) is 8.55. The van der Waals surface area contributed by atoms with Crippen LogP contribution in [0.3, 0.4) is 0 Å². The Morgan fingerprint density at radius 3 is 1.51 bits per heavy atom. The van der Waals surface area contributed by atoms with E-state index in [1.165, 1.54) is 40.7 Å². The number of rotatable bonds is 14. The summed E-state index contributed by atoms with van der Waals surface area (Å²) in [6.45, 7) is 28.9. The van der Waals surface area contributed by atoms with Crippen molar-refractivity contribution < 1.29 is 57.2 Å². The van der Waals surface area contributed by atoms with E-state index in [0.717, 1.165) is 12.3 Å². The topological polar surface area (TPSA) is 158 Å². The first-order valence-electron chi connectivity index (χ1n) is 19.0. The Bertz CT molecular complexity index is 2730. The molecular formula is C51H44O12. The summed E-state index contributed by atoms with van der Waals surface area (Å²) >= 11 is 0. The van der Waals surface area contributed by atoms with Crippen molar-refractivity contribution in [1.29, 1.82) is 0 Å². The smallest absolute Gasteiger partial charge is 0.346 e. The number of esters is 6. The van der Waals surface area contributed by atoms with Crippen molar-refractivity contribution >= 4 is 41.4 Å². The van der Waals surface area contributed by atoms with Gasteiger partial charge in [0, 0.05) is 51.1 Å². The van der Waals surface area contributed by atoms with Gasteiger partial charge < -0.3 is 28.4 Å². The van der Waals surface area contributed by atoms with Crippen LogP contribution in [0.15, 0.2) is 140 Å². The van der Waals surface area contributed by atoms with E-state index in [1.807, 2.05) is 0 Å².